The Morgan fingerprint density at radius 3 is 1.48 bits per heavy atom. The van der Waals surface area contributed by atoms with Crippen molar-refractivity contribution in [3.8, 4) is 12.1 Å². The fourth-order valence-electron chi connectivity index (χ4n) is 3.84. The molecular weight excluding hydrogens is 699 g/mol. The molecule has 2 aromatic rings. The van der Waals surface area contributed by atoms with Crippen molar-refractivity contribution in [2.24, 2.45) is 5.73 Å². The number of hydrogen-bond donors (Lipinski definition) is 6. The molecule has 3 rings (SSSR count). The van der Waals surface area contributed by atoms with Crippen molar-refractivity contribution in [1.29, 1.82) is 10.5 Å². The third-order valence-corrected chi connectivity index (χ3v) is 5.63. The molecule has 0 amide bonds. The molecule has 0 aromatic heterocycles. The second-order valence-corrected chi connectivity index (χ2v) is 11.6. The van der Waals surface area contributed by atoms with Gasteiger partial charge in [0.2, 0.25) is 0 Å². The fraction of sp³-hybridized carbons (Fsp3) is 0.556. The minimum absolute atomic E-state index is 0. The van der Waals surface area contributed by atoms with E-state index in [1.807, 2.05) is 0 Å². The number of nitrogens with two attached hydrogens (primary N) is 1. The van der Waals surface area contributed by atoms with Gasteiger partial charge in [0, 0.05) is 83.8 Å². The maximum absolute atomic E-state index is 8.49. The number of benzene rings is 2. The molecule has 1 heterocycles. The van der Waals surface area contributed by atoms with Gasteiger partial charge in [-0.25, -0.2) is 37.3 Å². The zero-order valence-electron chi connectivity index (χ0n) is 26.2. The molecule has 265 valence electrons. The molecule has 7 N–H and O–H groups in total. The number of fused-ring (bicyclic) bond motifs is 1. The van der Waals surface area contributed by atoms with Crippen LogP contribution in [0.3, 0.4) is 0 Å². The van der Waals surface area contributed by atoms with E-state index in [9.17, 15) is 0 Å². The quantitative estimate of drug-likeness (QED) is 0.159. The summed E-state index contributed by atoms with van der Waals surface area (Å²) in [6.07, 6.45) is 0. The third-order valence-electron chi connectivity index (χ3n) is 5.63. The first kappa shape index (κ1) is 48.6. The van der Waals surface area contributed by atoms with E-state index in [2.05, 4.69) is 82.9 Å². The Morgan fingerprint density at radius 1 is 0.717 bits per heavy atom. The Labute approximate surface area is 285 Å². The van der Waals surface area contributed by atoms with Crippen LogP contribution >= 0.6 is 0 Å². The summed E-state index contributed by atoms with van der Waals surface area (Å²) in [5.41, 5.74) is 7.41. The molecule has 46 heavy (non-hydrogen) atoms. The van der Waals surface area contributed by atoms with E-state index in [1.54, 1.807) is 12.1 Å². The molecule has 19 heteroatoms. The van der Waals surface area contributed by atoms with Gasteiger partial charge < -0.3 is 32.3 Å². The number of rotatable bonds is 3. The van der Waals surface area contributed by atoms with Gasteiger partial charge in [0.15, 0.2) is 0 Å². The molecule has 0 unspecified atom stereocenters. The number of hydrogen-bond acceptors (Lipinski definition) is 16. The topological polar surface area (TPSA) is 318 Å². The van der Waals surface area contributed by atoms with Crippen LogP contribution in [0.1, 0.15) is 33.3 Å². The minimum Gasteiger partial charge on any atom is -0.323 e. The number of halogens is 2. The molecule has 2 aromatic carbocycles. The Morgan fingerprint density at radius 2 is 1.07 bits per heavy atom. The van der Waals surface area contributed by atoms with Crippen LogP contribution in [0.2, 0.25) is 0 Å². The van der Waals surface area contributed by atoms with Gasteiger partial charge in [0.25, 0.3) is 0 Å². The molecule has 1 fully saturated rings. The van der Waals surface area contributed by atoms with Crippen LogP contribution in [0.25, 0.3) is 10.8 Å². The van der Waals surface area contributed by atoms with Crippen molar-refractivity contribution in [2.75, 3.05) is 52.4 Å². The van der Waals surface area contributed by atoms with E-state index in [0.717, 1.165) is 58.9 Å². The summed E-state index contributed by atoms with van der Waals surface area (Å²) in [7, 11) is -9.89. The minimum atomic E-state index is -4.94. The number of nitrogens with zero attached hydrogens (tertiary/aromatic N) is 2. The SMILES string of the molecule is CC#N.CC#N.CC1(N)CNCCNCC(C)(NCc2cccc3ccccc23)CNCCNC1.[Cu+2].[O-][Cl+3]([O-])([O-])[O-].[O-][Cl+3]([O-])([O-])[O-]. The summed E-state index contributed by atoms with van der Waals surface area (Å²) < 4.78 is 67.9. The zero-order chi connectivity index (χ0) is 35.0. The van der Waals surface area contributed by atoms with Gasteiger partial charge in [-0.2, -0.15) is 10.5 Å². The zero-order valence-corrected chi connectivity index (χ0v) is 28.7. The molecule has 0 aliphatic carbocycles. The molecule has 0 bridgehead atoms. The van der Waals surface area contributed by atoms with E-state index in [0.29, 0.717) is 0 Å². The maximum Gasteiger partial charge on any atom is 2.00 e. The van der Waals surface area contributed by atoms with E-state index in [4.69, 9.17) is 53.5 Å². The van der Waals surface area contributed by atoms with Crippen LogP contribution in [0.15, 0.2) is 42.5 Å². The summed E-state index contributed by atoms with van der Waals surface area (Å²) in [5.74, 6) is 0. The van der Waals surface area contributed by atoms with Gasteiger partial charge >= 0.3 is 17.1 Å². The first-order valence-electron chi connectivity index (χ1n) is 13.5. The molecule has 1 saturated heterocycles. The van der Waals surface area contributed by atoms with Crippen molar-refractivity contribution in [1.82, 2.24) is 26.6 Å². The van der Waals surface area contributed by atoms with Gasteiger partial charge in [-0.1, -0.05) is 42.5 Å². The van der Waals surface area contributed by atoms with Crippen molar-refractivity contribution in [3.63, 3.8) is 0 Å². The first-order valence-corrected chi connectivity index (χ1v) is 16.0. The predicted molar refractivity (Wildman–Crippen MR) is 146 cm³/mol. The van der Waals surface area contributed by atoms with Crippen LogP contribution < -0.4 is 69.6 Å². The summed E-state index contributed by atoms with van der Waals surface area (Å²) in [6, 6.07) is 18.6. The van der Waals surface area contributed by atoms with Crippen molar-refractivity contribution >= 4 is 10.8 Å². The van der Waals surface area contributed by atoms with Gasteiger partial charge in [-0.05, 0) is 30.2 Å². The average Bonchev–Trinajstić information content (AvgIpc) is 2.90. The third kappa shape index (κ3) is 32.2. The Hall–Kier alpha value is -1.78. The normalized spacial score (nSPS) is 20.7. The first-order chi connectivity index (χ1) is 20.8. The molecule has 1 radical (unpaired) electrons. The fourth-order valence-corrected chi connectivity index (χ4v) is 3.84. The second kappa shape index (κ2) is 26.2. The van der Waals surface area contributed by atoms with Crippen LogP contribution in [0.4, 0.5) is 0 Å². The van der Waals surface area contributed by atoms with E-state index in [-0.39, 0.29) is 28.1 Å². The largest absolute Gasteiger partial charge is 2.00 e. The summed E-state index contributed by atoms with van der Waals surface area (Å²) in [4.78, 5) is 0. The molecule has 1 aliphatic heterocycles. The van der Waals surface area contributed by atoms with E-state index in [1.165, 1.54) is 30.2 Å². The monoisotopic (exact) mass is 741 g/mol. The van der Waals surface area contributed by atoms with Crippen LogP contribution in [0.5, 0.6) is 0 Å². The summed E-state index contributed by atoms with van der Waals surface area (Å²) in [5, 5.41) is 35.2. The van der Waals surface area contributed by atoms with Gasteiger partial charge in [-0.3, -0.25) is 0 Å². The molecule has 0 saturated carbocycles. The number of nitriles is 2. The molecule has 1 aliphatic rings. The Bertz CT molecular complexity index is 1090. The smallest absolute Gasteiger partial charge is 0.323 e. The molecule has 0 spiro atoms. The van der Waals surface area contributed by atoms with E-state index >= 15 is 0 Å². The summed E-state index contributed by atoms with van der Waals surface area (Å²) in [6.45, 7) is 15.2. The van der Waals surface area contributed by atoms with Crippen molar-refractivity contribution < 1.29 is 74.8 Å². The summed E-state index contributed by atoms with van der Waals surface area (Å²) >= 11 is 0. The van der Waals surface area contributed by atoms with Crippen molar-refractivity contribution in [3.05, 3.63) is 48.0 Å². The van der Waals surface area contributed by atoms with Crippen LogP contribution in [-0.2, 0) is 23.6 Å². The van der Waals surface area contributed by atoms with Gasteiger partial charge in [0.05, 0.1) is 12.1 Å². The Balaban J connectivity index is -0.000000908. The van der Waals surface area contributed by atoms with Gasteiger partial charge in [0.1, 0.15) is 0 Å². The standard InChI is InChI=1S/C23H38N6.2C2H3N.2ClHO4.Cu/c1-22(24)15-25-10-12-27-17-23(2,18-28-13-11-26-16-22)29-14-20-8-5-7-19-6-3-4-9-21(19)20;2*1-2-3;2*2-1(3,4)5;/h3-9,25-29H,10-18,24H2,1-2H3;2*1H3;2*(H,2,3,4,5);/q;;;;;+2/p-2. The van der Waals surface area contributed by atoms with Crippen LogP contribution in [-0.4, -0.2) is 63.4 Å². The van der Waals surface area contributed by atoms with E-state index < -0.39 is 20.5 Å². The average molecular weight is 743 g/mol. The Kier molecular flexibility index (Phi) is 27.7. The van der Waals surface area contributed by atoms with Crippen molar-refractivity contribution in [2.45, 2.75) is 45.3 Å². The second-order valence-electron chi connectivity index (χ2n) is 10.1. The molecule has 16 nitrogen and oxygen atoms in total. The maximum atomic E-state index is 8.49. The molecule has 0 atom stereocenters. The number of nitrogens with one attached hydrogen (secondary N) is 5. The molecular formula is C27H44Cl2CuN8O8. The van der Waals surface area contributed by atoms with Gasteiger partial charge in [-0.15, -0.1) is 20.5 Å². The van der Waals surface area contributed by atoms with Crippen LogP contribution in [0, 0.1) is 43.1 Å². The predicted octanol–water partition coefficient (Wildman–Crippen LogP) is -7.68.